The van der Waals surface area contributed by atoms with E-state index in [1.807, 2.05) is 41.8 Å². The fourth-order valence-electron chi connectivity index (χ4n) is 1.64. The molecule has 0 aliphatic rings. The molecule has 0 atom stereocenters. The molecule has 0 aliphatic heterocycles. The smallest absolute Gasteiger partial charge is 0.355 e. The third-order valence-electron chi connectivity index (χ3n) is 2.49. The third-order valence-corrected chi connectivity index (χ3v) is 3.34. The number of pyridine rings is 1. The van der Waals surface area contributed by atoms with Crippen molar-refractivity contribution in [2.24, 2.45) is 0 Å². The Bertz CT molecular complexity index is 692. The summed E-state index contributed by atoms with van der Waals surface area (Å²) < 4.78 is 5.23. The van der Waals surface area contributed by atoms with E-state index in [0.29, 0.717) is 10.8 Å². The first-order valence-corrected chi connectivity index (χ1v) is 6.32. The second-order valence-electron chi connectivity index (χ2n) is 3.71. The predicted octanol–water partition coefficient (Wildman–Crippen LogP) is 3.52. The monoisotopic (exact) mass is 255 g/mol. The van der Waals surface area contributed by atoms with Crippen LogP contribution in [0.25, 0.3) is 10.9 Å². The number of aromatic nitrogens is 1. The maximum Gasteiger partial charge on any atom is 0.355 e. The molecule has 0 unspecified atom stereocenters. The van der Waals surface area contributed by atoms with Crippen molar-refractivity contribution in [3.8, 4) is 5.88 Å². The van der Waals surface area contributed by atoms with Gasteiger partial charge in [0.15, 0.2) is 0 Å². The van der Waals surface area contributed by atoms with Gasteiger partial charge in [-0.25, -0.2) is 9.78 Å². The number of benzene rings is 1. The number of nitrogens with zero attached hydrogens (tertiary/aromatic N) is 1. The molecule has 0 spiro atoms. The zero-order valence-corrected chi connectivity index (χ0v) is 10.2. The van der Waals surface area contributed by atoms with Crippen molar-refractivity contribution in [1.82, 2.24) is 4.98 Å². The Balaban J connectivity index is 1.89. The van der Waals surface area contributed by atoms with Crippen molar-refractivity contribution in [3.63, 3.8) is 0 Å². The molecular weight excluding hydrogens is 246 g/mol. The van der Waals surface area contributed by atoms with Gasteiger partial charge in [0.05, 0.1) is 5.52 Å². The number of carbonyl (C=O) groups excluding carboxylic acids is 1. The lowest BCUT2D eigenvalue weighted by molar-refractivity contribution is 0.0733. The number of hydrogen-bond donors (Lipinski definition) is 0. The molecule has 18 heavy (non-hydrogen) atoms. The lowest BCUT2D eigenvalue weighted by Gasteiger charge is -2.03. The summed E-state index contributed by atoms with van der Waals surface area (Å²) in [4.78, 5) is 16.6. The fraction of sp³-hybridized carbons (Fsp3) is 0. The molecule has 3 nitrogen and oxygen atoms in total. The Morgan fingerprint density at radius 3 is 2.78 bits per heavy atom. The molecule has 0 N–H and O–H groups in total. The molecule has 0 saturated carbocycles. The summed E-state index contributed by atoms with van der Waals surface area (Å²) in [6, 6.07) is 14.8. The summed E-state index contributed by atoms with van der Waals surface area (Å²) >= 11 is 1.35. The van der Waals surface area contributed by atoms with Crippen molar-refractivity contribution in [3.05, 3.63) is 58.8 Å². The molecule has 0 radical (unpaired) electrons. The molecule has 0 fully saturated rings. The van der Waals surface area contributed by atoms with E-state index in [9.17, 15) is 4.79 Å². The molecule has 0 saturated heterocycles. The lowest BCUT2D eigenvalue weighted by Crippen LogP contribution is -2.07. The van der Waals surface area contributed by atoms with Crippen LogP contribution in [0.1, 0.15) is 9.67 Å². The average molecular weight is 255 g/mol. The number of esters is 1. The largest absolute Gasteiger partial charge is 0.403 e. The van der Waals surface area contributed by atoms with Gasteiger partial charge in [-0.2, -0.15) is 0 Å². The normalized spacial score (nSPS) is 10.4. The molecule has 0 aliphatic carbocycles. The van der Waals surface area contributed by atoms with Crippen LogP contribution in [-0.2, 0) is 0 Å². The maximum atomic E-state index is 11.8. The van der Waals surface area contributed by atoms with Crippen LogP contribution in [0.2, 0.25) is 0 Å². The second kappa shape index (κ2) is 4.58. The van der Waals surface area contributed by atoms with Crippen molar-refractivity contribution < 1.29 is 9.53 Å². The molecule has 0 bridgehead atoms. The van der Waals surface area contributed by atoms with Crippen LogP contribution in [0.4, 0.5) is 0 Å². The first-order chi connectivity index (χ1) is 8.83. The topological polar surface area (TPSA) is 39.2 Å². The lowest BCUT2D eigenvalue weighted by atomic mass is 10.2. The van der Waals surface area contributed by atoms with Gasteiger partial charge in [0.1, 0.15) is 4.88 Å². The number of thiophene rings is 1. The van der Waals surface area contributed by atoms with Gasteiger partial charge >= 0.3 is 5.97 Å². The highest BCUT2D eigenvalue weighted by atomic mass is 32.1. The highest BCUT2D eigenvalue weighted by Gasteiger charge is 2.10. The number of carbonyl (C=O) groups is 1. The van der Waals surface area contributed by atoms with Gasteiger partial charge in [0.2, 0.25) is 5.88 Å². The molecule has 0 amide bonds. The Labute approximate surface area is 108 Å². The quantitative estimate of drug-likeness (QED) is 0.658. The van der Waals surface area contributed by atoms with Gasteiger partial charge < -0.3 is 4.74 Å². The van der Waals surface area contributed by atoms with Crippen molar-refractivity contribution in [2.45, 2.75) is 0 Å². The molecule has 2 aromatic heterocycles. The van der Waals surface area contributed by atoms with Gasteiger partial charge in [-0.3, -0.25) is 0 Å². The molecule has 2 heterocycles. The molecule has 88 valence electrons. The standard InChI is InChI=1S/C14H9NO2S/c16-14(12-6-3-9-18-12)17-13-8-7-10-4-1-2-5-11(10)15-13/h1-9H. The fourth-order valence-corrected chi connectivity index (χ4v) is 2.24. The number of ether oxygens (including phenoxy) is 1. The van der Waals surface area contributed by atoms with Crippen LogP contribution in [0.15, 0.2) is 53.9 Å². The maximum absolute atomic E-state index is 11.8. The zero-order valence-electron chi connectivity index (χ0n) is 9.37. The first-order valence-electron chi connectivity index (χ1n) is 5.44. The Morgan fingerprint density at radius 1 is 1.06 bits per heavy atom. The van der Waals surface area contributed by atoms with Crippen LogP contribution in [0, 0.1) is 0 Å². The number of fused-ring (bicyclic) bond motifs is 1. The summed E-state index contributed by atoms with van der Waals surface area (Å²) in [6.07, 6.45) is 0. The molecule has 1 aromatic carbocycles. The van der Waals surface area contributed by atoms with Crippen LogP contribution >= 0.6 is 11.3 Å². The number of para-hydroxylation sites is 1. The zero-order chi connectivity index (χ0) is 12.4. The predicted molar refractivity (Wildman–Crippen MR) is 71.0 cm³/mol. The van der Waals surface area contributed by atoms with E-state index >= 15 is 0 Å². The molecular formula is C14H9NO2S. The van der Waals surface area contributed by atoms with Gasteiger partial charge in [0.25, 0.3) is 0 Å². The minimum absolute atomic E-state index is 0.326. The van der Waals surface area contributed by atoms with E-state index in [1.54, 1.807) is 12.1 Å². The van der Waals surface area contributed by atoms with Crippen molar-refractivity contribution in [1.29, 1.82) is 0 Å². The van der Waals surface area contributed by atoms with Crippen LogP contribution in [0.3, 0.4) is 0 Å². The Hall–Kier alpha value is -2.20. The number of rotatable bonds is 2. The molecule has 3 aromatic rings. The van der Waals surface area contributed by atoms with E-state index in [0.717, 1.165) is 10.9 Å². The van der Waals surface area contributed by atoms with E-state index in [-0.39, 0.29) is 5.97 Å². The van der Waals surface area contributed by atoms with Gasteiger partial charge in [-0.1, -0.05) is 24.3 Å². The SMILES string of the molecule is O=C(Oc1ccc2ccccc2n1)c1cccs1. The minimum Gasteiger partial charge on any atom is -0.403 e. The number of hydrogen-bond acceptors (Lipinski definition) is 4. The van der Waals surface area contributed by atoms with E-state index in [2.05, 4.69) is 4.98 Å². The molecule has 3 rings (SSSR count). The summed E-state index contributed by atoms with van der Waals surface area (Å²) in [6.45, 7) is 0. The minimum atomic E-state index is -0.368. The van der Waals surface area contributed by atoms with E-state index < -0.39 is 0 Å². The summed E-state index contributed by atoms with van der Waals surface area (Å²) in [7, 11) is 0. The van der Waals surface area contributed by atoms with Crippen LogP contribution in [0.5, 0.6) is 5.88 Å². The highest BCUT2D eigenvalue weighted by Crippen LogP contribution is 2.18. The average Bonchev–Trinajstić information content (AvgIpc) is 2.92. The Morgan fingerprint density at radius 2 is 1.94 bits per heavy atom. The van der Waals surface area contributed by atoms with Gasteiger partial charge in [-0.05, 0) is 23.6 Å². The van der Waals surface area contributed by atoms with Crippen molar-refractivity contribution in [2.75, 3.05) is 0 Å². The summed E-state index contributed by atoms with van der Waals surface area (Å²) in [5.74, 6) is -0.0418. The summed E-state index contributed by atoms with van der Waals surface area (Å²) in [5, 5.41) is 2.86. The molecule has 4 heteroatoms. The van der Waals surface area contributed by atoms with Gasteiger partial charge in [0, 0.05) is 11.5 Å². The third kappa shape index (κ3) is 2.10. The Kier molecular flexibility index (Phi) is 2.78. The van der Waals surface area contributed by atoms with E-state index in [4.69, 9.17) is 4.74 Å². The van der Waals surface area contributed by atoms with Gasteiger partial charge in [-0.15, -0.1) is 11.3 Å². The summed E-state index contributed by atoms with van der Waals surface area (Å²) in [5.41, 5.74) is 0.814. The van der Waals surface area contributed by atoms with Crippen LogP contribution < -0.4 is 4.74 Å². The van der Waals surface area contributed by atoms with Crippen LogP contribution in [-0.4, -0.2) is 11.0 Å². The van der Waals surface area contributed by atoms with E-state index in [1.165, 1.54) is 11.3 Å². The van der Waals surface area contributed by atoms with Crippen molar-refractivity contribution >= 4 is 28.2 Å². The second-order valence-corrected chi connectivity index (χ2v) is 4.66. The first kappa shape index (κ1) is 10.9. The highest BCUT2D eigenvalue weighted by molar-refractivity contribution is 7.12.